The first-order chi connectivity index (χ1) is 12.7. The number of hydrogen-bond donors (Lipinski definition) is 1. The summed E-state index contributed by atoms with van der Waals surface area (Å²) in [6, 6.07) is 15.1. The molecule has 1 aromatic carbocycles. The Labute approximate surface area is 150 Å². The van der Waals surface area contributed by atoms with E-state index in [2.05, 4.69) is 15.3 Å². The molecule has 0 spiro atoms. The van der Waals surface area contributed by atoms with Gasteiger partial charge in [-0.05, 0) is 24.3 Å². The maximum atomic E-state index is 12.7. The van der Waals surface area contributed by atoms with E-state index in [4.69, 9.17) is 0 Å². The molecule has 1 unspecified atom stereocenters. The highest BCUT2D eigenvalue weighted by molar-refractivity contribution is 6.02. The van der Waals surface area contributed by atoms with Crippen LogP contribution in [-0.4, -0.2) is 33.2 Å². The van der Waals surface area contributed by atoms with Crippen LogP contribution in [0.2, 0.25) is 0 Å². The van der Waals surface area contributed by atoms with Crippen molar-refractivity contribution in [2.45, 2.75) is 13.0 Å². The zero-order valence-electron chi connectivity index (χ0n) is 14.1. The van der Waals surface area contributed by atoms with Crippen LogP contribution in [0.25, 0.3) is 10.9 Å². The molecular weight excluding hydrogens is 328 g/mol. The molecule has 1 atom stereocenters. The average molecular weight is 346 g/mol. The van der Waals surface area contributed by atoms with Crippen LogP contribution in [0.4, 0.5) is 5.69 Å². The van der Waals surface area contributed by atoms with Crippen molar-refractivity contribution in [2.75, 3.05) is 11.9 Å². The van der Waals surface area contributed by atoms with Gasteiger partial charge in [-0.1, -0.05) is 24.3 Å². The molecule has 2 amide bonds. The average Bonchev–Trinajstić information content (AvgIpc) is 3.03. The second-order valence-corrected chi connectivity index (χ2v) is 6.37. The highest BCUT2D eigenvalue weighted by atomic mass is 16.2. The Morgan fingerprint density at radius 1 is 1.08 bits per heavy atom. The molecule has 0 aliphatic carbocycles. The standard InChI is InChI=1S/C20H18N4O2/c25-18-11-15(12-24(18)13-16-7-1-2-9-21-16)20(26)23-17-8-3-5-14-6-4-10-22-19(14)17/h1-10,15H,11-13H2,(H,23,26). The van der Waals surface area contributed by atoms with Crippen molar-refractivity contribution in [3.63, 3.8) is 0 Å². The number of nitrogens with one attached hydrogen (secondary N) is 1. The smallest absolute Gasteiger partial charge is 0.229 e. The van der Waals surface area contributed by atoms with E-state index in [1.807, 2.05) is 48.5 Å². The molecule has 1 aliphatic rings. The van der Waals surface area contributed by atoms with E-state index in [1.54, 1.807) is 17.3 Å². The SMILES string of the molecule is O=C(Nc1cccc2cccnc12)C1CC(=O)N(Cc2ccccn2)C1. The van der Waals surface area contributed by atoms with Crippen LogP contribution in [0, 0.1) is 5.92 Å². The van der Waals surface area contributed by atoms with Crippen LogP contribution < -0.4 is 5.32 Å². The summed E-state index contributed by atoms with van der Waals surface area (Å²) in [6.45, 7) is 0.832. The molecule has 130 valence electrons. The molecule has 1 fully saturated rings. The lowest BCUT2D eigenvalue weighted by Gasteiger charge is -2.16. The van der Waals surface area contributed by atoms with Crippen molar-refractivity contribution in [3.8, 4) is 0 Å². The molecule has 1 saturated heterocycles. The van der Waals surface area contributed by atoms with Gasteiger partial charge in [0.25, 0.3) is 0 Å². The molecule has 0 radical (unpaired) electrons. The number of hydrogen-bond acceptors (Lipinski definition) is 4. The van der Waals surface area contributed by atoms with Gasteiger partial charge >= 0.3 is 0 Å². The quantitative estimate of drug-likeness (QED) is 0.788. The van der Waals surface area contributed by atoms with Crippen LogP contribution in [-0.2, 0) is 16.1 Å². The van der Waals surface area contributed by atoms with Gasteiger partial charge in [0.05, 0.1) is 29.4 Å². The Morgan fingerprint density at radius 3 is 2.77 bits per heavy atom. The number of amides is 2. The molecule has 3 heterocycles. The molecule has 0 saturated carbocycles. The number of carbonyl (C=O) groups excluding carboxylic acids is 2. The van der Waals surface area contributed by atoms with Gasteiger partial charge in [-0.15, -0.1) is 0 Å². The number of aromatic nitrogens is 2. The highest BCUT2D eigenvalue weighted by Gasteiger charge is 2.34. The van der Waals surface area contributed by atoms with Crippen LogP contribution >= 0.6 is 0 Å². The minimum absolute atomic E-state index is 0.0214. The van der Waals surface area contributed by atoms with Crippen molar-refractivity contribution < 1.29 is 9.59 Å². The van der Waals surface area contributed by atoms with E-state index >= 15 is 0 Å². The number of para-hydroxylation sites is 1. The van der Waals surface area contributed by atoms with E-state index in [0.29, 0.717) is 18.8 Å². The summed E-state index contributed by atoms with van der Waals surface area (Å²) >= 11 is 0. The molecule has 1 aliphatic heterocycles. The van der Waals surface area contributed by atoms with E-state index in [1.165, 1.54) is 0 Å². The minimum Gasteiger partial charge on any atom is -0.336 e. The molecule has 2 aromatic heterocycles. The summed E-state index contributed by atoms with van der Waals surface area (Å²) in [5.41, 5.74) is 2.24. The van der Waals surface area contributed by atoms with Crippen LogP contribution in [0.3, 0.4) is 0 Å². The summed E-state index contributed by atoms with van der Waals surface area (Å²) in [4.78, 5) is 35.2. The van der Waals surface area contributed by atoms with Crippen LogP contribution in [0.5, 0.6) is 0 Å². The first kappa shape index (κ1) is 16.2. The Balaban J connectivity index is 1.46. The topological polar surface area (TPSA) is 75.2 Å². The number of fused-ring (bicyclic) bond motifs is 1. The fourth-order valence-electron chi connectivity index (χ4n) is 3.23. The van der Waals surface area contributed by atoms with E-state index in [-0.39, 0.29) is 24.2 Å². The van der Waals surface area contributed by atoms with Crippen molar-refractivity contribution in [1.82, 2.24) is 14.9 Å². The van der Waals surface area contributed by atoms with Gasteiger partial charge in [0.2, 0.25) is 11.8 Å². The Kier molecular flexibility index (Phi) is 4.31. The molecule has 6 heteroatoms. The fraction of sp³-hybridized carbons (Fsp3) is 0.200. The van der Waals surface area contributed by atoms with Crippen molar-refractivity contribution in [1.29, 1.82) is 0 Å². The third-order valence-corrected chi connectivity index (χ3v) is 4.55. The Hall–Kier alpha value is -3.28. The van der Waals surface area contributed by atoms with E-state index in [0.717, 1.165) is 16.6 Å². The zero-order valence-corrected chi connectivity index (χ0v) is 14.1. The first-order valence-corrected chi connectivity index (χ1v) is 8.53. The van der Waals surface area contributed by atoms with Gasteiger partial charge < -0.3 is 10.2 Å². The van der Waals surface area contributed by atoms with Gasteiger partial charge in [-0.3, -0.25) is 19.6 Å². The van der Waals surface area contributed by atoms with Gasteiger partial charge in [0, 0.05) is 30.7 Å². The predicted octanol–water partition coefficient (Wildman–Crippen LogP) is 2.62. The zero-order chi connectivity index (χ0) is 17.9. The summed E-state index contributed by atoms with van der Waals surface area (Å²) < 4.78 is 0. The minimum atomic E-state index is -0.370. The second-order valence-electron chi connectivity index (χ2n) is 6.37. The van der Waals surface area contributed by atoms with Gasteiger partial charge in [-0.25, -0.2) is 0 Å². The molecule has 1 N–H and O–H groups in total. The lowest BCUT2D eigenvalue weighted by molar-refractivity contribution is -0.128. The van der Waals surface area contributed by atoms with Gasteiger partial charge in [0.1, 0.15) is 0 Å². The predicted molar refractivity (Wildman–Crippen MR) is 98.1 cm³/mol. The van der Waals surface area contributed by atoms with Gasteiger partial charge in [-0.2, -0.15) is 0 Å². The van der Waals surface area contributed by atoms with Crippen molar-refractivity contribution >= 4 is 28.4 Å². The molecule has 0 bridgehead atoms. The normalized spacial score (nSPS) is 16.8. The van der Waals surface area contributed by atoms with Crippen molar-refractivity contribution in [2.24, 2.45) is 5.92 Å². The summed E-state index contributed by atoms with van der Waals surface area (Å²) in [7, 11) is 0. The maximum Gasteiger partial charge on any atom is 0.229 e. The van der Waals surface area contributed by atoms with Crippen molar-refractivity contribution in [3.05, 3.63) is 66.6 Å². The lowest BCUT2D eigenvalue weighted by Crippen LogP contribution is -2.28. The molecular formula is C20H18N4O2. The highest BCUT2D eigenvalue weighted by Crippen LogP contribution is 2.24. The number of likely N-dealkylation sites (tertiary alicyclic amines) is 1. The Bertz CT molecular complexity index is 953. The van der Waals surface area contributed by atoms with E-state index in [9.17, 15) is 9.59 Å². The number of anilines is 1. The monoisotopic (exact) mass is 346 g/mol. The number of rotatable bonds is 4. The molecule has 3 aromatic rings. The molecule has 6 nitrogen and oxygen atoms in total. The second kappa shape index (κ2) is 6.92. The number of pyridine rings is 2. The number of nitrogens with zero attached hydrogens (tertiary/aromatic N) is 3. The first-order valence-electron chi connectivity index (χ1n) is 8.53. The third kappa shape index (κ3) is 3.26. The number of benzene rings is 1. The van der Waals surface area contributed by atoms with Gasteiger partial charge in [0.15, 0.2) is 0 Å². The molecule has 4 rings (SSSR count). The van der Waals surface area contributed by atoms with E-state index < -0.39 is 0 Å². The van der Waals surface area contributed by atoms with Crippen LogP contribution in [0.1, 0.15) is 12.1 Å². The fourth-order valence-corrected chi connectivity index (χ4v) is 3.23. The lowest BCUT2D eigenvalue weighted by atomic mass is 10.1. The largest absolute Gasteiger partial charge is 0.336 e. The third-order valence-electron chi connectivity index (χ3n) is 4.55. The number of carbonyl (C=O) groups is 2. The summed E-state index contributed by atoms with van der Waals surface area (Å²) in [5.74, 6) is -0.544. The molecule has 26 heavy (non-hydrogen) atoms. The Morgan fingerprint density at radius 2 is 1.92 bits per heavy atom. The summed E-state index contributed by atoms with van der Waals surface area (Å²) in [5, 5.41) is 3.90. The maximum absolute atomic E-state index is 12.7. The van der Waals surface area contributed by atoms with Crippen LogP contribution in [0.15, 0.2) is 60.9 Å². The summed E-state index contributed by atoms with van der Waals surface area (Å²) in [6.07, 6.45) is 3.62.